The fourth-order valence-corrected chi connectivity index (χ4v) is 4.36. The first-order valence-corrected chi connectivity index (χ1v) is 14.5. The lowest BCUT2D eigenvalue weighted by Gasteiger charge is -2.05. The van der Waals surface area contributed by atoms with Crippen molar-refractivity contribution in [2.75, 3.05) is 0 Å². The highest BCUT2D eigenvalue weighted by Gasteiger charge is 2.10. The SMILES string of the molecule is Clc1ccc(-c2cccc(-c3ccccc3)c2)nc1.Clc1ccc(Br)nc1.OB(O)c1cccc(-c2ccccc2)c1. The van der Waals surface area contributed by atoms with E-state index in [1.807, 2.05) is 78.9 Å². The number of aromatic nitrogens is 2. The van der Waals surface area contributed by atoms with E-state index in [-0.39, 0.29) is 0 Å². The molecule has 208 valence electrons. The van der Waals surface area contributed by atoms with Crippen molar-refractivity contribution in [2.45, 2.75) is 0 Å². The van der Waals surface area contributed by atoms with Crippen LogP contribution in [0.5, 0.6) is 0 Å². The van der Waals surface area contributed by atoms with Gasteiger partial charge in [0.2, 0.25) is 0 Å². The molecule has 0 aliphatic heterocycles. The summed E-state index contributed by atoms with van der Waals surface area (Å²) in [6, 6.07) is 43.1. The van der Waals surface area contributed by atoms with E-state index in [1.165, 1.54) is 11.1 Å². The van der Waals surface area contributed by atoms with Crippen LogP contribution in [-0.4, -0.2) is 27.1 Å². The highest BCUT2D eigenvalue weighted by atomic mass is 79.9. The van der Waals surface area contributed by atoms with Gasteiger partial charge >= 0.3 is 7.12 Å². The largest absolute Gasteiger partial charge is 0.488 e. The normalized spacial score (nSPS) is 10.0. The summed E-state index contributed by atoms with van der Waals surface area (Å²) in [7, 11) is -1.41. The van der Waals surface area contributed by atoms with Crippen LogP contribution in [0.2, 0.25) is 10.0 Å². The molecule has 42 heavy (non-hydrogen) atoms. The van der Waals surface area contributed by atoms with Crippen molar-refractivity contribution in [2.24, 2.45) is 0 Å². The first-order valence-electron chi connectivity index (χ1n) is 12.9. The van der Waals surface area contributed by atoms with Gasteiger partial charge < -0.3 is 10.0 Å². The van der Waals surface area contributed by atoms with Crippen LogP contribution in [0.1, 0.15) is 0 Å². The summed E-state index contributed by atoms with van der Waals surface area (Å²) in [5.41, 5.74) is 6.99. The summed E-state index contributed by atoms with van der Waals surface area (Å²) < 4.78 is 0.807. The third-order valence-electron chi connectivity index (χ3n) is 5.98. The number of pyridine rings is 2. The van der Waals surface area contributed by atoms with Gasteiger partial charge in [-0.05, 0) is 74.0 Å². The Kier molecular flexibility index (Phi) is 11.9. The number of rotatable bonds is 4. The standard InChI is InChI=1S/C17H12ClN.C12H11BO2.C5H3BrClN/c18-16-9-10-17(19-12-16)15-8-4-7-14(11-15)13-5-2-1-3-6-13;14-13(15)12-8-4-7-11(9-12)10-5-2-1-3-6-10;6-5-2-1-4(7)3-8-5/h1-12H;1-9,14-15H;1-3H. The second-order valence-electron chi connectivity index (χ2n) is 8.97. The van der Waals surface area contributed by atoms with Crippen molar-refractivity contribution in [3.63, 3.8) is 0 Å². The Morgan fingerprint density at radius 1 is 0.500 bits per heavy atom. The summed E-state index contributed by atoms with van der Waals surface area (Å²) in [6.07, 6.45) is 3.26. The van der Waals surface area contributed by atoms with Gasteiger partial charge in [0.05, 0.1) is 15.7 Å². The zero-order chi connectivity index (χ0) is 29.7. The molecule has 0 amide bonds. The van der Waals surface area contributed by atoms with Crippen LogP contribution in [0.15, 0.2) is 150 Å². The average Bonchev–Trinajstić information content (AvgIpc) is 3.04. The third kappa shape index (κ3) is 9.66. The van der Waals surface area contributed by atoms with Gasteiger partial charge in [-0.25, -0.2) is 4.98 Å². The van der Waals surface area contributed by atoms with Crippen molar-refractivity contribution >= 4 is 51.7 Å². The summed E-state index contributed by atoms with van der Waals surface area (Å²) in [6.45, 7) is 0. The van der Waals surface area contributed by atoms with Gasteiger partial charge in [0.25, 0.3) is 0 Å². The fraction of sp³-hybridized carbons (Fsp3) is 0. The zero-order valence-corrected chi connectivity index (χ0v) is 25.5. The summed E-state index contributed by atoms with van der Waals surface area (Å²) in [4.78, 5) is 8.21. The highest BCUT2D eigenvalue weighted by molar-refractivity contribution is 9.10. The maximum Gasteiger partial charge on any atom is 0.488 e. The van der Waals surface area contributed by atoms with Crippen LogP contribution >= 0.6 is 39.1 Å². The number of hydrogen-bond donors (Lipinski definition) is 2. The number of halogens is 3. The minimum atomic E-state index is -1.41. The molecule has 0 aliphatic carbocycles. The van der Waals surface area contributed by atoms with E-state index in [1.54, 1.807) is 36.7 Å². The quantitative estimate of drug-likeness (QED) is 0.147. The van der Waals surface area contributed by atoms with Crippen LogP contribution in [-0.2, 0) is 0 Å². The van der Waals surface area contributed by atoms with Crippen molar-refractivity contribution < 1.29 is 10.0 Å². The molecule has 0 saturated carbocycles. The molecular formula is C34H26BBrCl2N2O2. The van der Waals surface area contributed by atoms with Crippen LogP contribution in [0.3, 0.4) is 0 Å². The third-order valence-corrected chi connectivity index (χ3v) is 6.89. The minimum Gasteiger partial charge on any atom is -0.423 e. The summed E-state index contributed by atoms with van der Waals surface area (Å²) in [5.74, 6) is 0. The molecule has 6 rings (SSSR count). The van der Waals surface area contributed by atoms with Gasteiger partial charge in [-0.15, -0.1) is 0 Å². The van der Waals surface area contributed by atoms with Crippen LogP contribution in [0.25, 0.3) is 33.5 Å². The monoisotopic (exact) mass is 654 g/mol. The predicted molar refractivity (Wildman–Crippen MR) is 179 cm³/mol. The maximum absolute atomic E-state index is 9.05. The topological polar surface area (TPSA) is 66.2 Å². The molecule has 6 aromatic rings. The van der Waals surface area contributed by atoms with Gasteiger partial charge in [-0.1, -0.05) is 126 Å². The molecule has 0 atom stereocenters. The molecule has 2 heterocycles. The van der Waals surface area contributed by atoms with E-state index < -0.39 is 7.12 Å². The van der Waals surface area contributed by atoms with Gasteiger partial charge in [0.1, 0.15) is 4.60 Å². The summed E-state index contributed by atoms with van der Waals surface area (Å²) in [5, 5.41) is 19.4. The number of nitrogens with zero attached hydrogens (tertiary/aromatic N) is 2. The van der Waals surface area contributed by atoms with E-state index in [0.29, 0.717) is 15.5 Å². The Labute approximate surface area is 264 Å². The Hall–Kier alpha value is -3.78. The van der Waals surface area contributed by atoms with Crippen molar-refractivity contribution in [3.8, 4) is 33.5 Å². The van der Waals surface area contributed by atoms with Crippen LogP contribution < -0.4 is 5.46 Å². The van der Waals surface area contributed by atoms with E-state index in [0.717, 1.165) is 27.0 Å². The van der Waals surface area contributed by atoms with Crippen LogP contribution in [0, 0.1) is 0 Å². The molecule has 0 aliphatic rings. The lowest BCUT2D eigenvalue weighted by atomic mass is 9.79. The molecule has 0 radical (unpaired) electrons. The molecule has 0 fully saturated rings. The molecule has 0 unspecified atom stereocenters. The molecule has 0 bridgehead atoms. The van der Waals surface area contributed by atoms with Gasteiger partial charge in [0.15, 0.2) is 0 Å². The Balaban J connectivity index is 0.000000157. The Morgan fingerprint density at radius 3 is 1.50 bits per heavy atom. The van der Waals surface area contributed by atoms with E-state index in [9.17, 15) is 0 Å². The first kappa shape index (κ1) is 31.2. The molecular weight excluding hydrogens is 630 g/mol. The second kappa shape index (κ2) is 16.0. The highest BCUT2D eigenvalue weighted by Crippen LogP contribution is 2.25. The molecule has 8 heteroatoms. The van der Waals surface area contributed by atoms with E-state index in [2.05, 4.69) is 56.2 Å². The van der Waals surface area contributed by atoms with Gasteiger partial charge in [-0.3, -0.25) is 4.98 Å². The average molecular weight is 656 g/mol. The molecule has 0 spiro atoms. The second-order valence-corrected chi connectivity index (χ2v) is 10.7. The van der Waals surface area contributed by atoms with Crippen molar-refractivity contribution in [1.29, 1.82) is 0 Å². The van der Waals surface area contributed by atoms with E-state index >= 15 is 0 Å². The van der Waals surface area contributed by atoms with Crippen molar-refractivity contribution in [1.82, 2.24) is 9.97 Å². The fourth-order valence-electron chi connectivity index (χ4n) is 3.90. The first-order chi connectivity index (χ1) is 20.4. The molecule has 0 saturated heterocycles. The lowest BCUT2D eigenvalue weighted by molar-refractivity contribution is 0.426. The predicted octanol–water partition coefficient (Wildman–Crippen LogP) is 8.60. The summed E-state index contributed by atoms with van der Waals surface area (Å²) >= 11 is 14.6. The Bertz CT molecular complexity index is 1650. The number of benzene rings is 4. The Morgan fingerprint density at radius 2 is 1.00 bits per heavy atom. The smallest absolute Gasteiger partial charge is 0.423 e. The maximum atomic E-state index is 9.05. The lowest BCUT2D eigenvalue weighted by Crippen LogP contribution is -2.29. The minimum absolute atomic E-state index is 0.511. The molecule has 4 nitrogen and oxygen atoms in total. The molecule has 2 aromatic heterocycles. The van der Waals surface area contributed by atoms with E-state index in [4.69, 9.17) is 33.2 Å². The molecule has 2 N–H and O–H groups in total. The molecule has 4 aromatic carbocycles. The van der Waals surface area contributed by atoms with Crippen LogP contribution in [0.4, 0.5) is 0 Å². The number of hydrogen-bond acceptors (Lipinski definition) is 4. The zero-order valence-electron chi connectivity index (χ0n) is 22.4. The van der Waals surface area contributed by atoms with Gasteiger partial charge in [-0.2, -0.15) is 0 Å². The van der Waals surface area contributed by atoms with Crippen molar-refractivity contribution in [3.05, 3.63) is 161 Å². The van der Waals surface area contributed by atoms with Gasteiger partial charge in [0, 0.05) is 18.0 Å².